The van der Waals surface area contributed by atoms with Crippen molar-refractivity contribution in [2.24, 2.45) is 5.92 Å². The van der Waals surface area contributed by atoms with Crippen molar-refractivity contribution in [2.75, 3.05) is 31.7 Å². The quantitative estimate of drug-likeness (QED) is 0.700. The summed E-state index contributed by atoms with van der Waals surface area (Å²) in [6.45, 7) is 1.51. The van der Waals surface area contributed by atoms with Crippen LogP contribution in [0.25, 0.3) is 0 Å². The smallest absolute Gasteiger partial charge is 0.419 e. The Labute approximate surface area is 161 Å². The maximum atomic E-state index is 12.7. The lowest BCUT2D eigenvalue weighted by Gasteiger charge is -2.40. The summed E-state index contributed by atoms with van der Waals surface area (Å²) in [5.74, 6) is -0.172. The van der Waals surface area contributed by atoms with E-state index in [1.165, 1.54) is 7.11 Å². The lowest BCUT2D eigenvalue weighted by Crippen LogP contribution is -2.48. The van der Waals surface area contributed by atoms with Crippen LogP contribution in [0.15, 0.2) is 12.4 Å². The molecule has 156 valence electrons. The fourth-order valence-corrected chi connectivity index (χ4v) is 3.48. The van der Waals surface area contributed by atoms with Crippen LogP contribution in [0.2, 0.25) is 0 Å². The molecule has 3 atom stereocenters. The number of methoxy groups -OCH3 is 1. The zero-order valence-electron chi connectivity index (χ0n) is 15.7. The summed E-state index contributed by atoms with van der Waals surface area (Å²) < 4.78 is 54.7. The standard InChI is InChI=1S/C18H24F3N3O4/c1-26-15(25)8-12-5-6-24(11-14(12)28-16-4-2-3-7-27-16)17-22-9-13(10-23-17)18(19,20)21/h9-10,12,14,16H,2-8,11H2,1H3. The largest absolute Gasteiger partial charge is 0.469 e. The number of nitrogens with zero attached hydrogens (tertiary/aromatic N) is 3. The number of carbonyl (C=O) groups excluding carboxylic acids is 1. The van der Waals surface area contributed by atoms with Gasteiger partial charge in [-0.2, -0.15) is 13.2 Å². The Morgan fingerprint density at radius 3 is 2.64 bits per heavy atom. The highest BCUT2D eigenvalue weighted by atomic mass is 19.4. The topological polar surface area (TPSA) is 73.8 Å². The first kappa shape index (κ1) is 20.8. The van der Waals surface area contributed by atoms with E-state index in [-0.39, 0.29) is 36.7 Å². The van der Waals surface area contributed by atoms with Crippen LogP contribution in [-0.4, -0.2) is 55.1 Å². The Bertz CT molecular complexity index is 650. The number of ether oxygens (including phenoxy) is 3. The monoisotopic (exact) mass is 403 g/mol. The van der Waals surface area contributed by atoms with E-state index in [2.05, 4.69) is 9.97 Å². The van der Waals surface area contributed by atoms with E-state index in [0.29, 0.717) is 26.1 Å². The minimum atomic E-state index is -4.48. The Morgan fingerprint density at radius 2 is 2.04 bits per heavy atom. The second-order valence-corrected chi connectivity index (χ2v) is 7.02. The highest BCUT2D eigenvalue weighted by molar-refractivity contribution is 5.69. The molecule has 0 bridgehead atoms. The molecule has 2 aliphatic rings. The van der Waals surface area contributed by atoms with Gasteiger partial charge in [-0.25, -0.2) is 9.97 Å². The van der Waals surface area contributed by atoms with Crippen LogP contribution in [0, 0.1) is 5.92 Å². The third-order valence-electron chi connectivity index (χ3n) is 5.07. The minimum Gasteiger partial charge on any atom is -0.469 e. The second-order valence-electron chi connectivity index (χ2n) is 7.02. The van der Waals surface area contributed by atoms with Crippen molar-refractivity contribution in [1.82, 2.24) is 9.97 Å². The van der Waals surface area contributed by atoms with E-state index in [0.717, 1.165) is 31.7 Å². The van der Waals surface area contributed by atoms with Crippen LogP contribution in [-0.2, 0) is 25.2 Å². The Morgan fingerprint density at radius 1 is 1.29 bits per heavy atom. The van der Waals surface area contributed by atoms with E-state index in [9.17, 15) is 18.0 Å². The summed E-state index contributed by atoms with van der Waals surface area (Å²) in [7, 11) is 1.34. The SMILES string of the molecule is COC(=O)CC1CCN(c2ncc(C(F)(F)F)cn2)CC1OC1CCCCO1. The summed E-state index contributed by atoms with van der Waals surface area (Å²) in [6.07, 6.45) is 0.00761. The second kappa shape index (κ2) is 9.04. The van der Waals surface area contributed by atoms with Gasteiger partial charge in [0.05, 0.1) is 25.2 Å². The molecule has 3 heterocycles. The van der Waals surface area contributed by atoms with Crippen molar-refractivity contribution in [3.63, 3.8) is 0 Å². The van der Waals surface area contributed by atoms with Gasteiger partial charge in [-0.1, -0.05) is 0 Å². The van der Waals surface area contributed by atoms with Gasteiger partial charge >= 0.3 is 12.1 Å². The van der Waals surface area contributed by atoms with Crippen LogP contribution >= 0.6 is 0 Å². The molecule has 28 heavy (non-hydrogen) atoms. The molecule has 0 spiro atoms. The lowest BCUT2D eigenvalue weighted by molar-refractivity contribution is -0.200. The Hall–Kier alpha value is -1.94. The van der Waals surface area contributed by atoms with Crippen molar-refractivity contribution in [3.05, 3.63) is 18.0 Å². The zero-order chi connectivity index (χ0) is 20.1. The van der Waals surface area contributed by atoms with Gasteiger partial charge in [0, 0.05) is 32.1 Å². The van der Waals surface area contributed by atoms with Crippen LogP contribution in [0.1, 0.15) is 37.7 Å². The first-order chi connectivity index (χ1) is 13.4. The molecule has 10 heteroatoms. The number of hydrogen-bond acceptors (Lipinski definition) is 7. The maximum absolute atomic E-state index is 12.7. The van der Waals surface area contributed by atoms with E-state index >= 15 is 0 Å². The van der Waals surface area contributed by atoms with E-state index in [1.807, 2.05) is 0 Å². The molecule has 0 amide bonds. The fraction of sp³-hybridized carbons (Fsp3) is 0.722. The lowest BCUT2D eigenvalue weighted by atomic mass is 9.90. The van der Waals surface area contributed by atoms with Crippen molar-refractivity contribution >= 4 is 11.9 Å². The molecule has 7 nitrogen and oxygen atoms in total. The third kappa shape index (κ3) is 5.32. The van der Waals surface area contributed by atoms with Crippen molar-refractivity contribution in [2.45, 2.75) is 50.7 Å². The molecule has 2 fully saturated rings. The van der Waals surface area contributed by atoms with Crippen molar-refractivity contribution in [3.8, 4) is 0 Å². The van der Waals surface area contributed by atoms with Gasteiger partial charge in [0.25, 0.3) is 0 Å². The molecule has 0 N–H and O–H groups in total. The van der Waals surface area contributed by atoms with Gasteiger partial charge in [-0.3, -0.25) is 4.79 Å². The van der Waals surface area contributed by atoms with Crippen LogP contribution in [0.3, 0.4) is 0 Å². The van der Waals surface area contributed by atoms with Crippen molar-refractivity contribution < 1.29 is 32.2 Å². The van der Waals surface area contributed by atoms with Crippen LogP contribution in [0.4, 0.5) is 19.1 Å². The van der Waals surface area contributed by atoms with E-state index in [1.54, 1.807) is 4.90 Å². The summed E-state index contributed by atoms with van der Waals surface area (Å²) in [6, 6.07) is 0. The van der Waals surface area contributed by atoms with Gasteiger partial charge in [0.2, 0.25) is 5.95 Å². The number of hydrogen-bond donors (Lipinski definition) is 0. The first-order valence-corrected chi connectivity index (χ1v) is 9.35. The minimum absolute atomic E-state index is 0.0660. The van der Waals surface area contributed by atoms with E-state index in [4.69, 9.17) is 14.2 Å². The predicted molar refractivity (Wildman–Crippen MR) is 92.5 cm³/mol. The number of halogens is 3. The number of esters is 1. The van der Waals surface area contributed by atoms with Gasteiger partial charge < -0.3 is 19.1 Å². The van der Waals surface area contributed by atoms with Gasteiger partial charge in [0.1, 0.15) is 0 Å². The molecule has 0 radical (unpaired) electrons. The molecule has 3 rings (SSSR count). The molecule has 0 saturated carbocycles. The first-order valence-electron chi connectivity index (χ1n) is 9.35. The summed E-state index contributed by atoms with van der Waals surface area (Å²) in [5.41, 5.74) is -0.889. The van der Waals surface area contributed by atoms with Gasteiger partial charge in [0.15, 0.2) is 6.29 Å². The third-order valence-corrected chi connectivity index (χ3v) is 5.07. The maximum Gasteiger partial charge on any atom is 0.419 e. The molecule has 2 saturated heterocycles. The van der Waals surface area contributed by atoms with Crippen LogP contribution in [0.5, 0.6) is 0 Å². The highest BCUT2D eigenvalue weighted by Crippen LogP contribution is 2.31. The van der Waals surface area contributed by atoms with Crippen molar-refractivity contribution in [1.29, 1.82) is 0 Å². The average Bonchev–Trinajstić information content (AvgIpc) is 2.69. The molecule has 2 aliphatic heterocycles. The van der Waals surface area contributed by atoms with Gasteiger partial charge in [-0.15, -0.1) is 0 Å². The molecule has 1 aromatic heterocycles. The summed E-state index contributed by atoms with van der Waals surface area (Å²) in [4.78, 5) is 21.3. The van der Waals surface area contributed by atoms with Crippen LogP contribution < -0.4 is 4.90 Å². The van der Waals surface area contributed by atoms with E-state index < -0.39 is 11.7 Å². The number of piperidine rings is 1. The molecule has 0 aliphatic carbocycles. The molecular weight excluding hydrogens is 379 g/mol. The summed E-state index contributed by atoms with van der Waals surface area (Å²) >= 11 is 0. The fourth-order valence-electron chi connectivity index (χ4n) is 3.48. The number of aromatic nitrogens is 2. The molecule has 3 unspecified atom stereocenters. The number of alkyl halides is 3. The zero-order valence-corrected chi connectivity index (χ0v) is 15.7. The summed E-state index contributed by atoms with van der Waals surface area (Å²) in [5, 5.41) is 0. The predicted octanol–water partition coefficient (Wildman–Crippen LogP) is 2.80. The molecule has 0 aromatic carbocycles. The molecule has 1 aromatic rings. The number of carbonyl (C=O) groups is 1. The number of rotatable bonds is 5. The average molecular weight is 403 g/mol. The molecular formula is C18H24F3N3O4. The highest BCUT2D eigenvalue weighted by Gasteiger charge is 2.36. The number of anilines is 1. The van der Waals surface area contributed by atoms with Gasteiger partial charge in [-0.05, 0) is 31.6 Å². The normalized spacial score (nSPS) is 26.1. The Kier molecular flexibility index (Phi) is 6.71. The Balaban J connectivity index is 1.70.